The van der Waals surface area contributed by atoms with Crippen LogP contribution in [0, 0.1) is 0 Å². The van der Waals surface area contributed by atoms with Crippen LogP contribution in [0.15, 0.2) is 48.5 Å². The van der Waals surface area contributed by atoms with Crippen molar-refractivity contribution in [2.24, 2.45) is 0 Å². The van der Waals surface area contributed by atoms with E-state index in [1.807, 2.05) is 48.5 Å². The average Bonchev–Trinajstić information content (AvgIpc) is 3.31. The first kappa shape index (κ1) is 55.8. The zero-order valence-electron chi connectivity index (χ0n) is 41.3. The number of hydrogen-bond donors (Lipinski definition) is 2. The third kappa shape index (κ3) is 23.7. The van der Waals surface area contributed by atoms with Crippen molar-refractivity contribution in [3.8, 4) is 11.5 Å². The normalized spacial score (nSPS) is 20.5. The summed E-state index contributed by atoms with van der Waals surface area (Å²) in [6, 6.07) is 15.6. The van der Waals surface area contributed by atoms with Crippen LogP contribution in [0.25, 0.3) is 0 Å². The summed E-state index contributed by atoms with van der Waals surface area (Å²) in [7, 11) is 0. The Morgan fingerprint density at radius 2 is 0.708 bits per heavy atom. The molecule has 2 fully saturated rings. The number of ether oxygens (including phenoxy) is 6. The molecule has 0 saturated heterocycles. The Labute approximate surface area is 394 Å². The number of hydrogen-bond acceptors (Lipinski definition) is 10. The molecule has 2 aromatic rings. The lowest BCUT2D eigenvalue weighted by Crippen LogP contribution is -2.35. The molecule has 370 valence electrons. The molecule has 0 atom stereocenters. The first-order valence-electron chi connectivity index (χ1n) is 26.2. The first-order valence-corrected chi connectivity index (χ1v) is 26.2. The van der Waals surface area contributed by atoms with Gasteiger partial charge in [-0.05, 0) is 112 Å². The van der Waals surface area contributed by atoms with E-state index in [0.29, 0.717) is 64.6 Å². The van der Waals surface area contributed by atoms with Crippen LogP contribution in [0.1, 0.15) is 225 Å². The van der Waals surface area contributed by atoms with Crippen molar-refractivity contribution in [3.63, 3.8) is 0 Å². The van der Waals surface area contributed by atoms with Crippen LogP contribution in [0.3, 0.4) is 0 Å². The highest BCUT2D eigenvalue weighted by atomic mass is 16.7. The van der Waals surface area contributed by atoms with Crippen molar-refractivity contribution in [1.29, 1.82) is 0 Å². The Hall–Kier alpha value is -3.50. The van der Waals surface area contributed by atoms with Gasteiger partial charge in [0, 0.05) is 0 Å². The molecule has 0 heterocycles. The minimum Gasteiger partial charge on any atom is -0.494 e. The molecule has 0 radical (unpaired) electrons. The van der Waals surface area contributed by atoms with E-state index in [-0.39, 0.29) is 12.2 Å². The van der Waals surface area contributed by atoms with Crippen LogP contribution in [0.5, 0.6) is 11.5 Å². The number of unbranched alkanes of at least 4 members (excludes halogenated alkanes) is 17. The maximum absolute atomic E-state index is 11.9. The summed E-state index contributed by atoms with van der Waals surface area (Å²) in [4.78, 5) is 23.8. The number of rotatable bonds is 31. The molecule has 2 aliphatic rings. The quantitative estimate of drug-likeness (QED) is 0.0557. The van der Waals surface area contributed by atoms with Crippen molar-refractivity contribution in [2.75, 3.05) is 26.4 Å². The minimum atomic E-state index is -0.874. The summed E-state index contributed by atoms with van der Waals surface area (Å²) in [5, 5.41) is 22.2. The van der Waals surface area contributed by atoms with E-state index in [2.05, 4.69) is 27.7 Å². The zero-order valence-corrected chi connectivity index (χ0v) is 41.3. The highest BCUT2D eigenvalue weighted by molar-refractivity contribution is 5.60. The Morgan fingerprint density at radius 3 is 1.03 bits per heavy atom. The molecular weight excluding hydrogens is 821 g/mol. The maximum atomic E-state index is 11.9. The second-order valence-corrected chi connectivity index (χ2v) is 18.7. The second-order valence-electron chi connectivity index (χ2n) is 18.7. The molecule has 2 aromatic carbocycles. The monoisotopic (exact) mass is 911 g/mol. The van der Waals surface area contributed by atoms with Crippen LogP contribution >= 0.6 is 0 Å². The van der Waals surface area contributed by atoms with Gasteiger partial charge in [0.15, 0.2) is 0 Å². The molecule has 0 aliphatic heterocycles. The van der Waals surface area contributed by atoms with Crippen LogP contribution in [-0.4, -0.2) is 61.2 Å². The highest BCUT2D eigenvalue weighted by Gasteiger charge is 2.37. The molecule has 0 unspecified atom stereocenters. The van der Waals surface area contributed by atoms with Gasteiger partial charge in [0.1, 0.15) is 23.7 Å². The van der Waals surface area contributed by atoms with Gasteiger partial charge in [-0.3, -0.25) is 0 Å². The zero-order chi connectivity index (χ0) is 46.9. The van der Waals surface area contributed by atoms with E-state index in [0.717, 1.165) is 87.2 Å². The molecule has 0 aromatic heterocycles. The summed E-state index contributed by atoms with van der Waals surface area (Å²) in [5.41, 5.74) is 0.0617. The minimum absolute atomic E-state index is 0.182. The maximum Gasteiger partial charge on any atom is 0.508 e. The van der Waals surface area contributed by atoms with Gasteiger partial charge in [-0.25, -0.2) is 9.59 Å². The van der Waals surface area contributed by atoms with E-state index in [1.54, 1.807) is 0 Å². The molecular formula is C55H90O10. The molecule has 0 bridgehead atoms. The lowest BCUT2D eigenvalue weighted by molar-refractivity contribution is -0.0538. The van der Waals surface area contributed by atoms with Crippen molar-refractivity contribution >= 4 is 12.3 Å². The van der Waals surface area contributed by atoms with Gasteiger partial charge in [0.2, 0.25) is 0 Å². The summed E-state index contributed by atoms with van der Waals surface area (Å²) in [6.45, 7) is 11.1. The largest absolute Gasteiger partial charge is 0.508 e. The molecule has 0 amide bonds. The van der Waals surface area contributed by atoms with E-state index in [4.69, 9.17) is 28.4 Å². The average molecular weight is 911 g/mol. The predicted molar refractivity (Wildman–Crippen MR) is 261 cm³/mol. The smallest absolute Gasteiger partial charge is 0.494 e. The van der Waals surface area contributed by atoms with E-state index in [9.17, 15) is 19.8 Å². The van der Waals surface area contributed by atoms with Crippen molar-refractivity contribution in [3.05, 3.63) is 59.7 Å². The molecule has 65 heavy (non-hydrogen) atoms. The third-order valence-corrected chi connectivity index (χ3v) is 13.0. The summed E-state index contributed by atoms with van der Waals surface area (Å²) in [5.74, 6) is 1.70. The second kappa shape index (κ2) is 33.9. The number of benzene rings is 2. The summed E-state index contributed by atoms with van der Waals surface area (Å²) in [6.07, 6.45) is 28.1. The molecule has 2 N–H and O–H groups in total. The van der Waals surface area contributed by atoms with Crippen LogP contribution in [0.4, 0.5) is 9.59 Å². The van der Waals surface area contributed by atoms with Crippen LogP contribution in [0.2, 0.25) is 0 Å². The van der Waals surface area contributed by atoms with Gasteiger partial charge in [-0.15, -0.1) is 0 Å². The van der Waals surface area contributed by atoms with Crippen molar-refractivity contribution in [1.82, 2.24) is 0 Å². The Bertz CT molecular complexity index is 1480. The molecule has 10 nitrogen and oxygen atoms in total. The predicted octanol–water partition coefficient (Wildman–Crippen LogP) is 15.0. The fraction of sp³-hybridized carbons (Fsp3) is 0.745. The van der Waals surface area contributed by atoms with Gasteiger partial charge in [0.25, 0.3) is 0 Å². The van der Waals surface area contributed by atoms with Gasteiger partial charge in [-0.1, -0.05) is 161 Å². The summed E-state index contributed by atoms with van der Waals surface area (Å²) >= 11 is 0. The van der Waals surface area contributed by atoms with E-state index in [1.165, 1.54) is 83.5 Å². The Morgan fingerprint density at radius 1 is 0.431 bits per heavy atom. The molecule has 0 spiro atoms. The molecule has 2 saturated carbocycles. The fourth-order valence-corrected chi connectivity index (χ4v) is 8.70. The topological polar surface area (TPSA) is 130 Å². The Balaban J connectivity index is 0.000000345. The van der Waals surface area contributed by atoms with Crippen molar-refractivity contribution in [2.45, 2.75) is 237 Å². The van der Waals surface area contributed by atoms with Crippen molar-refractivity contribution < 1.29 is 48.2 Å². The summed E-state index contributed by atoms with van der Waals surface area (Å²) < 4.78 is 33.0. The first-order chi connectivity index (χ1) is 31.6. The van der Waals surface area contributed by atoms with Crippen LogP contribution in [-0.2, 0) is 30.1 Å². The fourth-order valence-electron chi connectivity index (χ4n) is 8.70. The van der Waals surface area contributed by atoms with Gasteiger partial charge >= 0.3 is 12.3 Å². The van der Waals surface area contributed by atoms with E-state index >= 15 is 0 Å². The standard InChI is InChI=1S/C28H46O5.C27H44O5/c1-3-5-7-9-11-12-22-31-25-16-14-24(15-17-25)28(30)20-18-26(19-21-28)33-27(29)32-23-13-10-8-6-4-2;1-3-5-7-9-10-12-21-30-24-15-13-23(14-16-24)27(29)19-17-25(18-20-27)32-26(28)31-22-11-8-6-4-2/h14-17,26,30H,3-13,18-23H2,1-2H3;13-16,25,29H,3-12,17-22H2,1-2H3. The molecule has 2 aliphatic carbocycles. The lowest BCUT2D eigenvalue weighted by atomic mass is 9.78. The Kier molecular flexibility index (Phi) is 29.1. The SMILES string of the molecule is CCCCCCCCOc1ccc(C2(O)CCC(OC(=O)OCCCCCC)CC2)cc1.CCCCCCCCOc1ccc(C2(O)CCC(OC(=O)OCCCCCCC)CC2)cc1. The van der Waals surface area contributed by atoms with Gasteiger partial charge < -0.3 is 38.6 Å². The molecule has 10 heteroatoms. The van der Waals surface area contributed by atoms with Gasteiger partial charge in [0.05, 0.1) is 37.6 Å². The number of carbonyl (C=O) groups excluding carboxylic acids is 2. The third-order valence-electron chi connectivity index (χ3n) is 13.0. The highest BCUT2D eigenvalue weighted by Crippen LogP contribution is 2.40. The number of carbonyl (C=O) groups is 2. The molecule has 4 rings (SSSR count). The van der Waals surface area contributed by atoms with E-state index < -0.39 is 23.5 Å². The number of aliphatic hydroxyl groups is 2. The van der Waals surface area contributed by atoms with Crippen LogP contribution < -0.4 is 9.47 Å². The van der Waals surface area contributed by atoms with Gasteiger partial charge in [-0.2, -0.15) is 0 Å². The lowest BCUT2D eigenvalue weighted by Gasteiger charge is -2.36.